The van der Waals surface area contributed by atoms with Gasteiger partial charge in [-0.05, 0) is 49.4 Å². The molecule has 196 valence electrons. The number of fused-ring (bicyclic) bond motifs is 1. The van der Waals surface area contributed by atoms with Crippen molar-refractivity contribution in [3.05, 3.63) is 90.0 Å². The van der Waals surface area contributed by atoms with Crippen molar-refractivity contribution in [1.29, 1.82) is 0 Å². The Morgan fingerprint density at radius 1 is 0.868 bits per heavy atom. The molecule has 7 heteroatoms. The maximum absolute atomic E-state index is 12.9. The van der Waals surface area contributed by atoms with Crippen molar-refractivity contribution in [3.63, 3.8) is 0 Å². The number of anilines is 2. The van der Waals surface area contributed by atoms with Gasteiger partial charge >= 0.3 is 0 Å². The molecule has 3 aromatic carbocycles. The maximum atomic E-state index is 12.9. The highest BCUT2D eigenvalue weighted by atomic mass is 16.5. The molecule has 1 heterocycles. The number of rotatable bonds is 9. The molecule has 0 radical (unpaired) electrons. The van der Waals surface area contributed by atoms with Crippen molar-refractivity contribution in [3.8, 4) is 5.75 Å². The molecule has 1 fully saturated rings. The van der Waals surface area contributed by atoms with Crippen LogP contribution in [0.4, 0.5) is 11.8 Å². The second kappa shape index (κ2) is 11.9. The first-order valence-electron chi connectivity index (χ1n) is 13.3. The molecule has 0 bridgehead atoms. The van der Waals surface area contributed by atoms with Crippen LogP contribution >= 0.6 is 0 Å². The number of ether oxygens (including phenoxy) is 1. The fourth-order valence-electron chi connectivity index (χ4n) is 5.01. The molecule has 5 rings (SSSR count). The van der Waals surface area contributed by atoms with E-state index in [0.717, 1.165) is 59.3 Å². The smallest absolute Gasteiger partial charge is 0.225 e. The molecular weight excluding hydrogens is 474 g/mol. The van der Waals surface area contributed by atoms with E-state index in [1.807, 2.05) is 91.8 Å². The molecule has 1 amide bonds. The average Bonchev–Trinajstić information content (AvgIpc) is 2.93. The van der Waals surface area contributed by atoms with Crippen LogP contribution in [0.3, 0.4) is 0 Å². The third kappa shape index (κ3) is 6.40. The number of amides is 1. The first kappa shape index (κ1) is 25.5. The zero-order valence-electron chi connectivity index (χ0n) is 22.1. The van der Waals surface area contributed by atoms with Crippen LogP contribution < -0.4 is 20.3 Å². The summed E-state index contributed by atoms with van der Waals surface area (Å²) in [5, 5.41) is 7.82. The molecule has 38 heavy (non-hydrogen) atoms. The van der Waals surface area contributed by atoms with Crippen molar-refractivity contribution in [2.45, 2.75) is 50.8 Å². The van der Waals surface area contributed by atoms with Crippen LogP contribution in [-0.4, -0.2) is 42.1 Å². The summed E-state index contributed by atoms with van der Waals surface area (Å²) in [4.78, 5) is 24.4. The van der Waals surface area contributed by atoms with Crippen LogP contribution in [-0.2, 0) is 17.8 Å². The molecule has 7 nitrogen and oxygen atoms in total. The number of carbonyl (C=O) groups is 1. The number of hydrogen-bond donors (Lipinski definition) is 2. The summed E-state index contributed by atoms with van der Waals surface area (Å²) < 4.78 is 6.03. The lowest BCUT2D eigenvalue weighted by atomic mass is 9.91. The largest absolute Gasteiger partial charge is 0.489 e. The maximum Gasteiger partial charge on any atom is 0.225 e. The van der Waals surface area contributed by atoms with Crippen molar-refractivity contribution >= 4 is 28.6 Å². The van der Waals surface area contributed by atoms with Gasteiger partial charge in [-0.1, -0.05) is 60.7 Å². The zero-order chi connectivity index (χ0) is 26.3. The van der Waals surface area contributed by atoms with Gasteiger partial charge in [0.1, 0.15) is 18.2 Å². The van der Waals surface area contributed by atoms with Gasteiger partial charge < -0.3 is 20.3 Å². The molecular formula is C31H35N5O2. The highest BCUT2D eigenvalue weighted by Crippen LogP contribution is 2.27. The van der Waals surface area contributed by atoms with E-state index < -0.39 is 0 Å². The number of benzene rings is 3. The Labute approximate surface area is 224 Å². The molecule has 1 aliphatic rings. The molecule has 1 aliphatic carbocycles. The van der Waals surface area contributed by atoms with Gasteiger partial charge in [0.05, 0.1) is 11.9 Å². The summed E-state index contributed by atoms with van der Waals surface area (Å²) in [5.74, 6) is 2.36. The molecule has 0 spiro atoms. The van der Waals surface area contributed by atoms with E-state index in [9.17, 15) is 4.79 Å². The van der Waals surface area contributed by atoms with Crippen LogP contribution in [0.1, 0.15) is 36.8 Å². The van der Waals surface area contributed by atoms with Crippen LogP contribution in [0.25, 0.3) is 10.9 Å². The van der Waals surface area contributed by atoms with E-state index in [2.05, 4.69) is 16.7 Å². The summed E-state index contributed by atoms with van der Waals surface area (Å²) in [6.07, 6.45) is 4.05. The van der Waals surface area contributed by atoms with Crippen LogP contribution in [0.2, 0.25) is 0 Å². The fraction of sp³-hybridized carbons (Fsp3) is 0.323. The van der Waals surface area contributed by atoms with Crippen molar-refractivity contribution in [2.24, 2.45) is 0 Å². The molecule has 0 unspecified atom stereocenters. The van der Waals surface area contributed by atoms with Gasteiger partial charge in [-0.15, -0.1) is 0 Å². The number of nitrogens with one attached hydrogen (secondary N) is 2. The van der Waals surface area contributed by atoms with Gasteiger partial charge in [-0.3, -0.25) is 4.79 Å². The quantitative estimate of drug-likeness (QED) is 0.316. The molecule has 1 saturated carbocycles. The van der Waals surface area contributed by atoms with Crippen molar-refractivity contribution < 1.29 is 9.53 Å². The Morgan fingerprint density at radius 3 is 2.34 bits per heavy atom. The topological polar surface area (TPSA) is 79.4 Å². The Kier molecular flexibility index (Phi) is 8.02. The third-order valence-corrected chi connectivity index (χ3v) is 6.99. The molecule has 4 aromatic rings. The number of aromatic nitrogens is 2. The van der Waals surface area contributed by atoms with Crippen molar-refractivity contribution in [2.75, 3.05) is 24.3 Å². The van der Waals surface area contributed by atoms with Crippen LogP contribution in [0, 0.1) is 0 Å². The fourth-order valence-corrected chi connectivity index (χ4v) is 5.01. The number of hydrogen-bond acceptors (Lipinski definition) is 6. The second-order valence-electron chi connectivity index (χ2n) is 10.1. The Bertz CT molecular complexity index is 1370. The van der Waals surface area contributed by atoms with E-state index in [0.29, 0.717) is 19.0 Å². The van der Waals surface area contributed by atoms with Gasteiger partial charge in [0.2, 0.25) is 11.9 Å². The van der Waals surface area contributed by atoms with Crippen LogP contribution in [0.5, 0.6) is 5.75 Å². The van der Waals surface area contributed by atoms with Crippen molar-refractivity contribution in [1.82, 2.24) is 15.3 Å². The first-order chi connectivity index (χ1) is 18.5. The summed E-state index contributed by atoms with van der Waals surface area (Å²) >= 11 is 0. The average molecular weight is 510 g/mol. The Balaban J connectivity index is 1.13. The van der Waals surface area contributed by atoms with E-state index in [-0.39, 0.29) is 18.0 Å². The van der Waals surface area contributed by atoms with E-state index in [1.165, 1.54) is 0 Å². The summed E-state index contributed by atoms with van der Waals surface area (Å²) in [6, 6.07) is 26.4. The lowest BCUT2D eigenvalue weighted by molar-refractivity contribution is -0.121. The highest BCUT2D eigenvalue weighted by molar-refractivity contribution is 5.90. The Morgan fingerprint density at radius 2 is 1.55 bits per heavy atom. The zero-order valence-corrected chi connectivity index (χ0v) is 22.1. The lowest BCUT2D eigenvalue weighted by Crippen LogP contribution is -2.41. The molecule has 0 saturated heterocycles. The predicted octanol–water partition coefficient (Wildman–Crippen LogP) is 5.36. The van der Waals surface area contributed by atoms with Gasteiger partial charge in [-0.2, -0.15) is 4.98 Å². The van der Waals surface area contributed by atoms with E-state index in [4.69, 9.17) is 14.7 Å². The minimum atomic E-state index is 0.0330. The van der Waals surface area contributed by atoms with Gasteiger partial charge in [0, 0.05) is 37.1 Å². The SMILES string of the molecule is CN(C)c1nc(N[C@H]2CC[C@@H](NC(=O)Cc3ccccc3OCc3ccccc3)CC2)nc2ccccc12. The van der Waals surface area contributed by atoms with E-state index >= 15 is 0 Å². The second-order valence-corrected chi connectivity index (χ2v) is 10.1. The molecule has 1 aromatic heterocycles. The summed E-state index contributed by atoms with van der Waals surface area (Å²) in [7, 11) is 4.00. The minimum absolute atomic E-state index is 0.0330. The number of carbonyl (C=O) groups excluding carboxylic acids is 1. The molecule has 2 N–H and O–H groups in total. The normalized spacial score (nSPS) is 17.1. The summed E-state index contributed by atoms with van der Waals surface area (Å²) in [6.45, 7) is 0.480. The number of para-hydroxylation sites is 2. The van der Waals surface area contributed by atoms with Gasteiger partial charge in [0.25, 0.3) is 0 Å². The monoisotopic (exact) mass is 509 g/mol. The Hall–Kier alpha value is -4.13. The van der Waals surface area contributed by atoms with E-state index in [1.54, 1.807) is 0 Å². The first-order valence-corrected chi connectivity index (χ1v) is 13.3. The number of nitrogens with zero attached hydrogens (tertiary/aromatic N) is 3. The summed E-state index contributed by atoms with van der Waals surface area (Å²) in [5.41, 5.74) is 2.94. The molecule has 0 atom stereocenters. The van der Waals surface area contributed by atoms with Gasteiger partial charge in [0.15, 0.2) is 0 Å². The molecule has 0 aliphatic heterocycles. The lowest BCUT2D eigenvalue weighted by Gasteiger charge is -2.30. The van der Waals surface area contributed by atoms with Gasteiger partial charge in [-0.25, -0.2) is 4.98 Å². The predicted molar refractivity (Wildman–Crippen MR) is 153 cm³/mol. The third-order valence-electron chi connectivity index (χ3n) is 6.99. The van der Waals surface area contributed by atoms with Crippen LogP contribution in [0.15, 0.2) is 78.9 Å². The minimum Gasteiger partial charge on any atom is -0.489 e. The highest BCUT2D eigenvalue weighted by Gasteiger charge is 2.24. The standard InChI is InChI=1S/C31H35N5O2/c1-36(2)30-26-13-7-8-14-27(26)34-31(35-30)33-25-18-16-24(17-19-25)32-29(37)20-23-12-6-9-15-28(23)38-21-22-10-4-3-5-11-22/h3-15,24-25H,16-21H2,1-2H3,(H,32,37)(H,33,34,35)/t24-,25+.